The van der Waals surface area contributed by atoms with E-state index in [1.807, 2.05) is 0 Å². The van der Waals surface area contributed by atoms with Crippen LogP contribution in [0, 0.1) is 5.92 Å². The predicted octanol–water partition coefficient (Wildman–Crippen LogP) is 4.12. The van der Waals surface area contributed by atoms with Gasteiger partial charge in [-0.2, -0.15) is 0 Å². The number of nitrogens with one attached hydrogen (secondary N) is 1. The van der Waals surface area contributed by atoms with Crippen LogP contribution in [0.2, 0.25) is 0 Å². The van der Waals surface area contributed by atoms with Crippen LogP contribution < -0.4 is 5.32 Å². The molecule has 1 aromatic rings. The molecule has 0 aromatic heterocycles. The molecular formula is C16H25NS. The van der Waals surface area contributed by atoms with E-state index in [2.05, 4.69) is 62.2 Å². The van der Waals surface area contributed by atoms with Crippen LogP contribution >= 0.6 is 11.8 Å². The molecule has 1 heterocycles. The molecule has 1 aliphatic rings. The quantitative estimate of drug-likeness (QED) is 0.828. The lowest BCUT2D eigenvalue weighted by atomic mass is 9.93. The molecule has 0 fully saturated rings. The van der Waals surface area contributed by atoms with Gasteiger partial charge in [0.15, 0.2) is 0 Å². The summed E-state index contributed by atoms with van der Waals surface area (Å²) >= 11 is 2.07. The molecule has 0 spiro atoms. The molecule has 0 saturated carbocycles. The first-order valence-corrected chi connectivity index (χ1v) is 8.04. The molecule has 2 rings (SSSR count). The van der Waals surface area contributed by atoms with Crippen molar-refractivity contribution in [2.75, 3.05) is 7.05 Å². The number of thioether (sulfide) groups is 1. The Bertz CT molecular complexity index is 352. The van der Waals surface area contributed by atoms with Gasteiger partial charge in [0.25, 0.3) is 0 Å². The SMILES string of the molecule is CCCC(C)CC(NC)C1Cc2ccccc2S1. The van der Waals surface area contributed by atoms with Crippen LogP contribution in [0.25, 0.3) is 0 Å². The zero-order valence-corrected chi connectivity index (χ0v) is 12.6. The molecule has 1 aliphatic heterocycles. The fraction of sp³-hybridized carbons (Fsp3) is 0.625. The molecule has 1 aromatic carbocycles. The van der Waals surface area contributed by atoms with E-state index in [9.17, 15) is 0 Å². The summed E-state index contributed by atoms with van der Waals surface area (Å²) in [7, 11) is 2.12. The van der Waals surface area contributed by atoms with E-state index in [0.717, 1.165) is 5.92 Å². The molecule has 100 valence electrons. The number of fused-ring (bicyclic) bond motifs is 1. The van der Waals surface area contributed by atoms with Crippen LogP contribution in [0.15, 0.2) is 29.2 Å². The van der Waals surface area contributed by atoms with Crippen LogP contribution in [0.3, 0.4) is 0 Å². The molecule has 2 heteroatoms. The zero-order chi connectivity index (χ0) is 13.0. The molecule has 0 radical (unpaired) electrons. The maximum Gasteiger partial charge on any atom is 0.0289 e. The van der Waals surface area contributed by atoms with Gasteiger partial charge in [-0.15, -0.1) is 11.8 Å². The van der Waals surface area contributed by atoms with Crippen molar-refractivity contribution in [3.05, 3.63) is 29.8 Å². The lowest BCUT2D eigenvalue weighted by Crippen LogP contribution is -2.37. The van der Waals surface area contributed by atoms with E-state index in [1.165, 1.54) is 36.1 Å². The second-order valence-electron chi connectivity index (χ2n) is 5.49. The first kappa shape index (κ1) is 14.0. The Kier molecular flexibility index (Phi) is 5.13. The van der Waals surface area contributed by atoms with Crippen LogP contribution in [0.5, 0.6) is 0 Å². The van der Waals surface area contributed by atoms with Gasteiger partial charge in [-0.3, -0.25) is 0 Å². The fourth-order valence-electron chi connectivity index (χ4n) is 2.93. The van der Waals surface area contributed by atoms with Crippen molar-refractivity contribution in [3.8, 4) is 0 Å². The molecule has 0 saturated heterocycles. The van der Waals surface area contributed by atoms with E-state index in [1.54, 1.807) is 0 Å². The van der Waals surface area contributed by atoms with Gasteiger partial charge < -0.3 is 5.32 Å². The largest absolute Gasteiger partial charge is 0.316 e. The summed E-state index contributed by atoms with van der Waals surface area (Å²) in [6, 6.07) is 9.51. The standard InChI is InChI=1S/C16H25NS/c1-4-7-12(2)10-14(17-3)16-11-13-8-5-6-9-15(13)18-16/h5-6,8-9,12,14,16-17H,4,7,10-11H2,1-3H3. The summed E-state index contributed by atoms with van der Waals surface area (Å²) in [5.74, 6) is 0.830. The first-order valence-electron chi connectivity index (χ1n) is 7.16. The van der Waals surface area contributed by atoms with E-state index in [-0.39, 0.29) is 0 Å². The summed E-state index contributed by atoms with van der Waals surface area (Å²) in [4.78, 5) is 1.49. The summed E-state index contributed by atoms with van der Waals surface area (Å²) in [5.41, 5.74) is 1.54. The van der Waals surface area contributed by atoms with Gasteiger partial charge in [0.2, 0.25) is 0 Å². The Balaban J connectivity index is 1.95. The van der Waals surface area contributed by atoms with Crippen molar-refractivity contribution in [2.24, 2.45) is 5.92 Å². The Hall–Kier alpha value is -0.470. The molecule has 0 bridgehead atoms. The molecule has 1 nitrogen and oxygen atoms in total. The maximum absolute atomic E-state index is 3.55. The van der Waals surface area contributed by atoms with Gasteiger partial charge in [-0.05, 0) is 37.4 Å². The van der Waals surface area contributed by atoms with Crippen molar-refractivity contribution >= 4 is 11.8 Å². The zero-order valence-electron chi connectivity index (χ0n) is 11.8. The smallest absolute Gasteiger partial charge is 0.0289 e. The molecular weight excluding hydrogens is 238 g/mol. The van der Waals surface area contributed by atoms with E-state index < -0.39 is 0 Å². The summed E-state index contributed by atoms with van der Waals surface area (Å²) < 4.78 is 0. The number of hydrogen-bond donors (Lipinski definition) is 1. The van der Waals surface area contributed by atoms with Crippen molar-refractivity contribution in [2.45, 2.75) is 55.7 Å². The Morgan fingerprint density at radius 1 is 1.39 bits per heavy atom. The number of rotatable bonds is 6. The molecule has 3 atom stereocenters. The van der Waals surface area contributed by atoms with Gasteiger partial charge >= 0.3 is 0 Å². The van der Waals surface area contributed by atoms with Crippen LogP contribution in [0.4, 0.5) is 0 Å². The first-order chi connectivity index (χ1) is 8.74. The second kappa shape index (κ2) is 6.63. The van der Waals surface area contributed by atoms with E-state index in [0.29, 0.717) is 11.3 Å². The maximum atomic E-state index is 3.55. The van der Waals surface area contributed by atoms with Crippen LogP contribution in [0.1, 0.15) is 38.7 Å². The van der Waals surface area contributed by atoms with Crippen LogP contribution in [-0.4, -0.2) is 18.3 Å². The second-order valence-corrected chi connectivity index (χ2v) is 6.77. The number of hydrogen-bond acceptors (Lipinski definition) is 2. The predicted molar refractivity (Wildman–Crippen MR) is 81.3 cm³/mol. The van der Waals surface area contributed by atoms with Crippen molar-refractivity contribution in [1.29, 1.82) is 0 Å². The summed E-state index contributed by atoms with van der Waals surface area (Å²) in [6.45, 7) is 4.67. The Morgan fingerprint density at radius 2 is 2.17 bits per heavy atom. The highest BCUT2D eigenvalue weighted by molar-refractivity contribution is 8.00. The highest BCUT2D eigenvalue weighted by Gasteiger charge is 2.29. The van der Waals surface area contributed by atoms with Crippen molar-refractivity contribution in [3.63, 3.8) is 0 Å². The Labute approximate surface area is 116 Å². The molecule has 0 amide bonds. The molecule has 0 aliphatic carbocycles. The molecule has 3 unspecified atom stereocenters. The normalized spacial score (nSPS) is 21.6. The summed E-state index contributed by atoms with van der Waals surface area (Å²) in [6.07, 6.45) is 5.18. The third kappa shape index (κ3) is 3.30. The summed E-state index contributed by atoms with van der Waals surface area (Å²) in [5, 5.41) is 4.26. The number of benzene rings is 1. The average molecular weight is 263 g/mol. The molecule has 1 N–H and O–H groups in total. The van der Waals surface area contributed by atoms with Gasteiger partial charge in [0.1, 0.15) is 0 Å². The van der Waals surface area contributed by atoms with Gasteiger partial charge in [-0.25, -0.2) is 0 Å². The molecule has 18 heavy (non-hydrogen) atoms. The fourth-order valence-corrected chi connectivity index (χ4v) is 4.39. The lowest BCUT2D eigenvalue weighted by molar-refractivity contribution is 0.391. The third-order valence-electron chi connectivity index (χ3n) is 3.93. The van der Waals surface area contributed by atoms with Crippen molar-refractivity contribution < 1.29 is 0 Å². The topological polar surface area (TPSA) is 12.0 Å². The van der Waals surface area contributed by atoms with E-state index >= 15 is 0 Å². The highest BCUT2D eigenvalue weighted by Crippen LogP contribution is 2.39. The lowest BCUT2D eigenvalue weighted by Gasteiger charge is -2.25. The minimum atomic E-state index is 0.643. The third-order valence-corrected chi connectivity index (χ3v) is 5.38. The minimum absolute atomic E-state index is 0.643. The van der Waals surface area contributed by atoms with Gasteiger partial charge in [-0.1, -0.05) is 44.9 Å². The van der Waals surface area contributed by atoms with Gasteiger partial charge in [0.05, 0.1) is 0 Å². The average Bonchev–Trinajstić information content (AvgIpc) is 2.79. The Morgan fingerprint density at radius 3 is 2.83 bits per heavy atom. The van der Waals surface area contributed by atoms with Crippen LogP contribution in [-0.2, 0) is 6.42 Å². The highest BCUT2D eigenvalue weighted by atomic mass is 32.2. The van der Waals surface area contributed by atoms with E-state index in [4.69, 9.17) is 0 Å². The van der Waals surface area contributed by atoms with Crippen molar-refractivity contribution in [1.82, 2.24) is 5.32 Å². The minimum Gasteiger partial charge on any atom is -0.316 e. The monoisotopic (exact) mass is 263 g/mol. The van der Waals surface area contributed by atoms with Gasteiger partial charge in [0, 0.05) is 16.2 Å².